The van der Waals surface area contributed by atoms with Crippen molar-refractivity contribution < 1.29 is 22.8 Å². The zero-order valence-corrected chi connectivity index (χ0v) is 12.0. The molecule has 1 N–H and O–H groups in total. The summed E-state index contributed by atoms with van der Waals surface area (Å²) in [5.41, 5.74) is 1.90. The normalized spacial score (nSPS) is 11.3. The van der Waals surface area contributed by atoms with Gasteiger partial charge in [-0.2, -0.15) is 8.42 Å². The van der Waals surface area contributed by atoms with Gasteiger partial charge in [-0.3, -0.25) is 4.55 Å². The van der Waals surface area contributed by atoms with Crippen molar-refractivity contribution in [2.24, 2.45) is 0 Å². The molecule has 0 aromatic heterocycles. The van der Waals surface area contributed by atoms with Crippen LogP contribution in [0.5, 0.6) is 11.5 Å². The summed E-state index contributed by atoms with van der Waals surface area (Å²) in [6, 6.07) is 13.8. The van der Waals surface area contributed by atoms with E-state index < -0.39 is 10.1 Å². The first-order valence-electron chi connectivity index (χ1n) is 6.39. The first-order chi connectivity index (χ1) is 9.94. The van der Waals surface area contributed by atoms with Crippen molar-refractivity contribution in [3.8, 4) is 22.6 Å². The Hall–Kier alpha value is -2.05. The van der Waals surface area contributed by atoms with Crippen LogP contribution in [0.1, 0.15) is 6.42 Å². The second-order valence-corrected chi connectivity index (χ2v) is 6.11. The largest absolute Gasteiger partial charge is 0.872 e. The summed E-state index contributed by atoms with van der Waals surface area (Å²) in [6.07, 6.45) is 0.228. The highest BCUT2D eigenvalue weighted by atomic mass is 32.2. The number of ether oxygens (including phenoxy) is 1. The molecule has 0 saturated heterocycles. The number of rotatable bonds is 6. The molecule has 0 amide bonds. The zero-order valence-electron chi connectivity index (χ0n) is 11.2. The molecule has 0 fully saturated rings. The molecule has 0 aliphatic carbocycles. The maximum Gasteiger partial charge on any atom is 0.264 e. The maximum atomic E-state index is 11.0. The maximum absolute atomic E-state index is 11.0. The van der Waals surface area contributed by atoms with Gasteiger partial charge in [0.25, 0.3) is 10.1 Å². The second-order valence-electron chi connectivity index (χ2n) is 4.54. The molecular formula is C15H15O5S-. The third-order valence-corrected chi connectivity index (χ3v) is 3.66. The van der Waals surface area contributed by atoms with Gasteiger partial charge in [-0.05, 0) is 29.7 Å². The van der Waals surface area contributed by atoms with Crippen LogP contribution in [-0.2, 0) is 10.1 Å². The lowest BCUT2D eigenvalue weighted by atomic mass is 10.1. The van der Waals surface area contributed by atoms with Crippen LogP contribution < -0.4 is 9.84 Å². The van der Waals surface area contributed by atoms with E-state index in [-0.39, 0.29) is 24.5 Å². The fourth-order valence-electron chi connectivity index (χ4n) is 1.82. The molecule has 2 aromatic rings. The van der Waals surface area contributed by atoms with Crippen molar-refractivity contribution in [2.75, 3.05) is 12.4 Å². The summed E-state index contributed by atoms with van der Waals surface area (Å²) in [4.78, 5) is 0. The van der Waals surface area contributed by atoms with Crippen LogP contribution in [0, 0.1) is 0 Å². The predicted octanol–water partition coefficient (Wildman–Crippen LogP) is 2.08. The molecule has 0 bridgehead atoms. The Kier molecular flexibility index (Phi) is 4.82. The standard InChI is InChI=1S/C15H16O5S/c16-14-6-2-12(3-7-14)13-4-8-15(9-5-13)20-10-1-11-21(17,18)19/h2-9,16H,1,10-11H2,(H,17,18,19)/p-1. The van der Waals surface area contributed by atoms with E-state index in [1.807, 2.05) is 12.1 Å². The Morgan fingerprint density at radius 1 is 0.952 bits per heavy atom. The summed E-state index contributed by atoms with van der Waals surface area (Å²) in [5, 5.41) is 11.0. The molecule has 2 rings (SSSR count). The lowest BCUT2D eigenvalue weighted by Gasteiger charge is -2.08. The topological polar surface area (TPSA) is 86.7 Å². The molecule has 0 saturated carbocycles. The van der Waals surface area contributed by atoms with Gasteiger partial charge in [0.2, 0.25) is 0 Å². The summed E-state index contributed by atoms with van der Waals surface area (Å²) < 4.78 is 35.1. The van der Waals surface area contributed by atoms with E-state index in [0.29, 0.717) is 5.75 Å². The molecule has 0 heterocycles. The number of hydrogen-bond acceptors (Lipinski definition) is 4. The van der Waals surface area contributed by atoms with E-state index in [2.05, 4.69) is 0 Å². The van der Waals surface area contributed by atoms with Gasteiger partial charge < -0.3 is 9.84 Å². The van der Waals surface area contributed by atoms with E-state index in [0.717, 1.165) is 11.1 Å². The van der Waals surface area contributed by atoms with Crippen LogP contribution in [0.3, 0.4) is 0 Å². The molecule has 0 atom stereocenters. The van der Waals surface area contributed by atoms with Gasteiger partial charge in [0, 0.05) is 0 Å². The van der Waals surface area contributed by atoms with Crippen molar-refractivity contribution in [2.45, 2.75) is 6.42 Å². The number of hydrogen-bond donors (Lipinski definition) is 1. The van der Waals surface area contributed by atoms with Crippen LogP contribution >= 0.6 is 0 Å². The molecule has 2 aromatic carbocycles. The predicted molar refractivity (Wildman–Crippen MR) is 77.9 cm³/mol. The van der Waals surface area contributed by atoms with Crippen molar-refractivity contribution in [3.05, 3.63) is 48.5 Å². The lowest BCUT2D eigenvalue weighted by molar-refractivity contribution is -0.268. The van der Waals surface area contributed by atoms with Gasteiger partial charge in [0.05, 0.1) is 12.4 Å². The molecule has 0 unspecified atom stereocenters. The third-order valence-electron chi connectivity index (χ3n) is 2.86. The summed E-state index contributed by atoms with van der Waals surface area (Å²) >= 11 is 0. The van der Waals surface area contributed by atoms with Crippen LogP contribution in [0.15, 0.2) is 48.5 Å². The summed E-state index contributed by atoms with van der Waals surface area (Å²) in [5.74, 6) is 0.277. The molecule has 5 nitrogen and oxygen atoms in total. The Labute approximate surface area is 123 Å². The van der Waals surface area contributed by atoms with Crippen molar-refractivity contribution >= 4 is 10.1 Å². The minimum atomic E-state index is -3.93. The first kappa shape index (κ1) is 15.3. The van der Waals surface area contributed by atoms with Crippen molar-refractivity contribution in [1.29, 1.82) is 0 Å². The minimum Gasteiger partial charge on any atom is -0.872 e. The zero-order chi connectivity index (χ0) is 15.3. The second kappa shape index (κ2) is 6.60. The minimum absolute atomic E-state index is 0.0301. The molecular weight excluding hydrogens is 292 g/mol. The smallest absolute Gasteiger partial charge is 0.264 e. The Bertz CT molecular complexity index is 675. The number of benzene rings is 2. The summed E-state index contributed by atoms with van der Waals surface area (Å²) in [6.45, 7) is 0.212. The van der Waals surface area contributed by atoms with Crippen LogP contribution in [0.25, 0.3) is 11.1 Å². The van der Waals surface area contributed by atoms with E-state index in [9.17, 15) is 13.5 Å². The Morgan fingerprint density at radius 2 is 1.48 bits per heavy atom. The molecule has 21 heavy (non-hydrogen) atoms. The van der Waals surface area contributed by atoms with E-state index in [4.69, 9.17) is 9.29 Å². The van der Waals surface area contributed by atoms with Crippen LogP contribution in [-0.4, -0.2) is 25.3 Å². The van der Waals surface area contributed by atoms with Gasteiger partial charge >= 0.3 is 0 Å². The first-order valence-corrected chi connectivity index (χ1v) is 8.00. The fourth-order valence-corrected chi connectivity index (χ4v) is 2.30. The SMILES string of the molecule is O=S(=O)(O)CCCOc1ccc(-c2ccc([O-])cc2)cc1. The monoisotopic (exact) mass is 307 g/mol. The van der Waals surface area contributed by atoms with Crippen LogP contribution in [0.4, 0.5) is 0 Å². The van der Waals surface area contributed by atoms with Gasteiger partial charge in [0.15, 0.2) is 0 Å². The van der Waals surface area contributed by atoms with Gasteiger partial charge in [-0.1, -0.05) is 36.4 Å². The van der Waals surface area contributed by atoms with E-state index in [1.54, 1.807) is 24.3 Å². The molecule has 112 valence electrons. The molecule has 6 heteroatoms. The molecule has 0 aliphatic rings. The molecule has 0 spiro atoms. The Balaban J connectivity index is 1.91. The fraction of sp³-hybridized carbons (Fsp3) is 0.200. The molecule has 0 aliphatic heterocycles. The van der Waals surface area contributed by atoms with Crippen molar-refractivity contribution in [1.82, 2.24) is 0 Å². The van der Waals surface area contributed by atoms with E-state index >= 15 is 0 Å². The quantitative estimate of drug-likeness (QED) is 0.652. The average molecular weight is 307 g/mol. The Morgan fingerprint density at radius 3 is 2.00 bits per heavy atom. The van der Waals surface area contributed by atoms with Gasteiger partial charge in [-0.25, -0.2) is 0 Å². The summed E-state index contributed by atoms with van der Waals surface area (Å²) in [7, 11) is -3.93. The third kappa shape index (κ3) is 5.09. The highest BCUT2D eigenvalue weighted by molar-refractivity contribution is 7.85. The molecule has 0 radical (unpaired) electrons. The van der Waals surface area contributed by atoms with Gasteiger partial charge in [0.1, 0.15) is 5.75 Å². The highest BCUT2D eigenvalue weighted by Crippen LogP contribution is 2.23. The van der Waals surface area contributed by atoms with E-state index in [1.165, 1.54) is 12.1 Å². The lowest BCUT2D eigenvalue weighted by Crippen LogP contribution is -2.08. The van der Waals surface area contributed by atoms with Crippen LogP contribution in [0.2, 0.25) is 0 Å². The average Bonchev–Trinajstić information content (AvgIpc) is 2.44. The highest BCUT2D eigenvalue weighted by Gasteiger charge is 2.04. The van der Waals surface area contributed by atoms with Crippen molar-refractivity contribution in [3.63, 3.8) is 0 Å². The van der Waals surface area contributed by atoms with Gasteiger partial charge in [-0.15, -0.1) is 5.75 Å².